The summed E-state index contributed by atoms with van der Waals surface area (Å²) in [6.45, 7) is 1.81. The van der Waals surface area contributed by atoms with Gasteiger partial charge in [0.15, 0.2) is 0 Å². The minimum absolute atomic E-state index is 0.149. The van der Waals surface area contributed by atoms with Crippen molar-refractivity contribution < 1.29 is 19.4 Å². The number of carbonyl (C=O) groups is 1. The fraction of sp³-hybridized carbons (Fsp3) is 0.133. The molecular weight excluding hydrogens is 244 g/mol. The molecule has 0 fully saturated rings. The van der Waals surface area contributed by atoms with Gasteiger partial charge >= 0.3 is 5.97 Å². The molecule has 2 aromatic rings. The number of aromatic carboxylic acids is 1. The van der Waals surface area contributed by atoms with Crippen LogP contribution < -0.4 is 9.47 Å². The first-order valence-corrected chi connectivity index (χ1v) is 5.76. The smallest absolute Gasteiger partial charge is 0.339 e. The van der Waals surface area contributed by atoms with E-state index in [9.17, 15) is 4.79 Å². The summed E-state index contributed by atoms with van der Waals surface area (Å²) in [5.74, 6) is 0.639. The average Bonchev–Trinajstić information content (AvgIpc) is 2.41. The van der Waals surface area contributed by atoms with Crippen molar-refractivity contribution in [3.63, 3.8) is 0 Å². The number of ether oxygens (including phenoxy) is 2. The Labute approximate surface area is 111 Å². The Hall–Kier alpha value is -2.49. The summed E-state index contributed by atoms with van der Waals surface area (Å²) in [6, 6.07) is 12.0. The summed E-state index contributed by atoms with van der Waals surface area (Å²) < 4.78 is 10.7. The van der Waals surface area contributed by atoms with E-state index in [2.05, 4.69) is 0 Å². The van der Waals surface area contributed by atoms with Gasteiger partial charge in [-0.15, -0.1) is 0 Å². The molecule has 2 rings (SSSR count). The van der Waals surface area contributed by atoms with Crippen LogP contribution in [0.1, 0.15) is 15.9 Å². The van der Waals surface area contributed by atoms with E-state index in [0.29, 0.717) is 11.5 Å². The number of hydrogen-bond acceptors (Lipinski definition) is 3. The van der Waals surface area contributed by atoms with E-state index in [0.717, 1.165) is 11.3 Å². The van der Waals surface area contributed by atoms with Gasteiger partial charge in [0.2, 0.25) is 0 Å². The second-order valence-corrected chi connectivity index (χ2v) is 4.03. The largest absolute Gasteiger partial charge is 0.497 e. The first-order valence-electron chi connectivity index (χ1n) is 5.76. The van der Waals surface area contributed by atoms with Gasteiger partial charge in [0, 0.05) is 0 Å². The van der Waals surface area contributed by atoms with Gasteiger partial charge < -0.3 is 14.6 Å². The third-order valence-corrected chi connectivity index (χ3v) is 2.72. The van der Waals surface area contributed by atoms with E-state index < -0.39 is 5.97 Å². The number of carboxylic acid groups (broad SMARTS) is 1. The van der Waals surface area contributed by atoms with Gasteiger partial charge in [-0.1, -0.05) is 12.1 Å². The first-order chi connectivity index (χ1) is 9.11. The molecule has 2 aromatic carbocycles. The molecule has 0 heterocycles. The van der Waals surface area contributed by atoms with Gasteiger partial charge in [-0.05, 0) is 42.8 Å². The Morgan fingerprint density at radius 1 is 1.05 bits per heavy atom. The summed E-state index contributed by atoms with van der Waals surface area (Å²) >= 11 is 0. The molecule has 0 aromatic heterocycles. The molecule has 4 heteroatoms. The quantitative estimate of drug-likeness (QED) is 0.912. The van der Waals surface area contributed by atoms with Crippen LogP contribution in [-0.2, 0) is 0 Å². The zero-order chi connectivity index (χ0) is 13.8. The monoisotopic (exact) mass is 258 g/mol. The summed E-state index contributed by atoms with van der Waals surface area (Å²) in [6.07, 6.45) is 0. The lowest BCUT2D eigenvalue weighted by atomic mass is 10.1. The van der Waals surface area contributed by atoms with Crippen molar-refractivity contribution in [2.75, 3.05) is 7.11 Å². The van der Waals surface area contributed by atoms with Crippen molar-refractivity contribution in [3.05, 3.63) is 53.6 Å². The fourth-order valence-corrected chi connectivity index (χ4v) is 1.72. The summed E-state index contributed by atoms with van der Waals surface area (Å²) in [5, 5.41) is 9.15. The molecule has 0 aliphatic carbocycles. The number of benzene rings is 2. The van der Waals surface area contributed by atoms with E-state index in [1.165, 1.54) is 6.07 Å². The molecule has 0 bridgehead atoms. The van der Waals surface area contributed by atoms with Gasteiger partial charge in [-0.3, -0.25) is 0 Å². The number of para-hydroxylation sites is 1. The Kier molecular flexibility index (Phi) is 3.71. The highest BCUT2D eigenvalue weighted by molar-refractivity contribution is 5.91. The van der Waals surface area contributed by atoms with Crippen molar-refractivity contribution in [3.8, 4) is 17.2 Å². The third-order valence-electron chi connectivity index (χ3n) is 2.72. The number of hydrogen-bond donors (Lipinski definition) is 1. The first kappa shape index (κ1) is 13.0. The molecular formula is C15H14O4. The minimum Gasteiger partial charge on any atom is -0.497 e. The lowest BCUT2D eigenvalue weighted by Gasteiger charge is -2.11. The molecule has 98 valence electrons. The zero-order valence-electron chi connectivity index (χ0n) is 10.7. The molecule has 0 amide bonds. The summed E-state index contributed by atoms with van der Waals surface area (Å²) in [4.78, 5) is 11.2. The number of methoxy groups -OCH3 is 1. The third kappa shape index (κ3) is 2.85. The molecule has 0 aliphatic heterocycles. The fourth-order valence-electron chi connectivity index (χ4n) is 1.72. The highest BCUT2D eigenvalue weighted by Crippen LogP contribution is 2.30. The van der Waals surface area contributed by atoms with Gasteiger partial charge in [0.1, 0.15) is 22.8 Å². The van der Waals surface area contributed by atoms with Crippen LogP contribution in [0.3, 0.4) is 0 Å². The van der Waals surface area contributed by atoms with Crippen molar-refractivity contribution >= 4 is 5.97 Å². The molecule has 1 N–H and O–H groups in total. The number of carboxylic acids is 1. The number of aryl methyl sites for hydroxylation is 1. The maximum atomic E-state index is 11.2. The summed E-state index contributed by atoms with van der Waals surface area (Å²) in [5.41, 5.74) is 0.923. The highest BCUT2D eigenvalue weighted by atomic mass is 16.5. The Bertz CT molecular complexity index is 588. The van der Waals surface area contributed by atoms with Crippen LogP contribution in [0, 0.1) is 6.92 Å². The Balaban J connectivity index is 2.34. The second kappa shape index (κ2) is 5.44. The SMILES string of the molecule is COc1ccc(Oc2c(C)cccc2C(=O)O)cc1. The summed E-state index contributed by atoms with van der Waals surface area (Å²) in [7, 11) is 1.58. The van der Waals surface area contributed by atoms with Crippen LogP contribution in [0.5, 0.6) is 17.2 Å². The molecule has 19 heavy (non-hydrogen) atoms. The minimum atomic E-state index is -1.01. The number of rotatable bonds is 4. The van der Waals surface area contributed by atoms with Crippen LogP contribution in [0.25, 0.3) is 0 Å². The van der Waals surface area contributed by atoms with E-state index in [1.807, 2.05) is 13.0 Å². The molecule has 0 aliphatic rings. The topological polar surface area (TPSA) is 55.8 Å². The Morgan fingerprint density at radius 3 is 2.26 bits per heavy atom. The lowest BCUT2D eigenvalue weighted by molar-refractivity contribution is 0.0694. The van der Waals surface area contributed by atoms with Crippen molar-refractivity contribution in [2.24, 2.45) is 0 Å². The van der Waals surface area contributed by atoms with E-state index >= 15 is 0 Å². The van der Waals surface area contributed by atoms with Gasteiger partial charge in [0.25, 0.3) is 0 Å². The predicted molar refractivity (Wildman–Crippen MR) is 71.2 cm³/mol. The molecule has 0 atom stereocenters. The molecule has 0 saturated carbocycles. The van der Waals surface area contributed by atoms with E-state index in [-0.39, 0.29) is 5.56 Å². The molecule has 4 nitrogen and oxygen atoms in total. The maximum Gasteiger partial charge on any atom is 0.339 e. The Morgan fingerprint density at radius 2 is 1.68 bits per heavy atom. The van der Waals surface area contributed by atoms with E-state index in [1.54, 1.807) is 37.4 Å². The molecule has 0 radical (unpaired) electrons. The highest BCUT2D eigenvalue weighted by Gasteiger charge is 2.14. The second-order valence-electron chi connectivity index (χ2n) is 4.03. The predicted octanol–water partition coefficient (Wildman–Crippen LogP) is 3.49. The van der Waals surface area contributed by atoms with Gasteiger partial charge in [0.05, 0.1) is 7.11 Å². The zero-order valence-corrected chi connectivity index (χ0v) is 10.7. The molecule has 0 saturated heterocycles. The molecule has 0 spiro atoms. The van der Waals surface area contributed by atoms with Gasteiger partial charge in [-0.25, -0.2) is 4.79 Å². The maximum absolute atomic E-state index is 11.2. The van der Waals surface area contributed by atoms with Crippen molar-refractivity contribution in [2.45, 2.75) is 6.92 Å². The normalized spacial score (nSPS) is 10.0. The van der Waals surface area contributed by atoms with Crippen molar-refractivity contribution in [1.82, 2.24) is 0 Å². The van der Waals surface area contributed by atoms with Crippen LogP contribution in [0.2, 0.25) is 0 Å². The van der Waals surface area contributed by atoms with Crippen LogP contribution in [0.15, 0.2) is 42.5 Å². The van der Waals surface area contributed by atoms with Crippen LogP contribution in [-0.4, -0.2) is 18.2 Å². The van der Waals surface area contributed by atoms with Crippen LogP contribution >= 0.6 is 0 Å². The van der Waals surface area contributed by atoms with Crippen molar-refractivity contribution in [1.29, 1.82) is 0 Å². The van der Waals surface area contributed by atoms with Gasteiger partial charge in [-0.2, -0.15) is 0 Å². The molecule has 0 unspecified atom stereocenters. The standard InChI is InChI=1S/C15H14O4/c1-10-4-3-5-13(15(16)17)14(10)19-12-8-6-11(18-2)7-9-12/h3-9H,1-2H3,(H,16,17). The lowest BCUT2D eigenvalue weighted by Crippen LogP contribution is -2.01. The van der Waals surface area contributed by atoms with E-state index in [4.69, 9.17) is 14.6 Å². The average molecular weight is 258 g/mol. The van der Waals surface area contributed by atoms with Crippen LogP contribution in [0.4, 0.5) is 0 Å².